The van der Waals surface area contributed by atoms with Gasteiger partial charge in [-0.3, -0.25) is 4.57 Å². The second-order valence-electron chi connectivity index (χ2n) is 11.1. The van der Waals surface area contributed by atoms with Crippen LogP contribution in [0.5, 0.6) is 5.75 Å². The number of aromatic nitrogens is 2. The van der Waals surface area contributed by atoms with E-state index in [-0.39, 0.29) is 11.8 Å². The molecule has 2 atom stereocenters. The van der Waals surface area contributed by atoms with E-state index in [4.69, 9.17) is 9.72 Å². The van der Waals surface area contributed by atoms with Gasteiger partial charge in [0.05, 0.1) is 17.0 Å². The number of hydrogen-bond donors (Lipinski definition) is 0. The lowest BCUT2D eigenvalue weighted by molar-refractivity contribution is 0.412. The van der Waals surface area contributed by atoms with Crippen LogP contribution in [0.15, 0.2) is 157 Å². The molecule has 0 radical (unpaired) electrons. The molecule has 0 bridgehead atoms. The summed E-state index contributed by atoms with van der Waals surface area (Å²) in [6.45, 7) is 0. The van der Waals surface area contributed by atoms with E-state index in [1.54, 1.807) is 0 Å². The third-order valence-electron chi connectivity index (χ3n) is 8.81. The molecule has 2 heterocycles. The van der Waals surface area contributed by atoms with Crippen molar-refractivity contribution in [3.8, 4) is 22.8 Å². The van der Waals surface area contributed by atoms with Crippen LogP contribution in [-0.2, 0) is 0 Å². The van der Waals surface area contributed by atoms with Crippen LogP contribution >= 0.6 is 0 Å². The molecule has 198 valence electrons. The number of allylic oxidation sites excluding steroid dienone is 8. The Kier molecular flexibility index (Phi) is 5.02. The smallest absolute Gasteiger partial charge is 0.145 e. The first-order valence-corrected chi connectivity index (χ1v) is 14.5. The molecule has 2 unspecified atom stereocenters. The Balaban J connectivity index is 1.20. The molecule has 3 aliphatic rings. The summed E-state index contributed by atoms with van der Waals surface area (Å²) in [6, 6.07) is 40.6. The van der Waals surface area contributed by atoms with Gasteiger partial charge >= 0.3 is 0 Å². The number of rotatable bonds is 3. The lowest BCUT2D eigenvalue weighted by Crippen LogP contribution is -2.19. The second-order valence-corrected chi connectivity index (χ2v) is 11.1. The van der Waals surface area contributed by atoms with Crippen molar-refractivity contribution < 1.29 is 4.74 Å². The maximum atomic E-state index is 6.73. The highest BCUT2D eigenvalue weighted by Gasteiger charge is 2.42. The van der Waals surface area contributed by atoms with E-state index in [1.807, 2.05) is 12.1 Å². The molecule has 1 aliphatic heterocycles. The summed E-state index contributed by atoms with van der Waals surface area (Å²) in [7, 11) is 0. The Hall–Kier alpha value is -5.41. The van der Waals surface area contributed by atoms with Crippen LogP contribution in [0.1, 0.15) is 17.0 Å². The Morgan fingerprint density at radius 3 is 2.40 bits per heavy atom. The minimum Gasteiger partial charge on any atom is -0.460 e. The van der Waals surface area contributed by atoms with Crippen molar-refractivity contribution in [2.75, 3.05) is 0 Å². The fourth-order valence-electron chi connectivity index (χ4n) is 6.91. The fraction of sp³-hybridized carbons (Fsp3) is 0.0513. The minimum atomic E-state index is 0.143. The second kappa shape index (κ2) is 9.05. The van der Waals surface area contributed by atoms with Gasteiger partial charge < -0.3 is 4.74 Å². The zero-order chi connectivity index (χ0) is 27.6. The molecule has 2 aliphatic carbocycles. The number of ether oxygens (including phenoxy) is 1. The largest absolute Gasteiger partial charge is 0.460 e. The zero-order valence-electron chi connectivity index (χ0n) is 22.8. The molecule has 3 heteroatoms. The number of hydrogen-bond acceptors (Lipinski definition) is 2. The van der Waals surface area contributed by atoms with Crippen molar-refractivity contribution in [2.24, 2.45) is 5.92 Å². The lowest BCUT2D eigenvalue weighted by atomic mass is 9.72. The predicted molar refractivity (Wildman–Crippen MR) is 171 cm³/mol. The molecule has 0 fully saturated rings. The average Bonchev–Trinajstić information content (AvgIpc) is 3.65. The molecule has 6 aromatic rings. The molecular formula is C39H26N2O. The lowest BCUT2D eigenvalue weighted by Gasteiger charge is -2.30. The Morgan fingerprint density at radius 2 is 1.50 bits per heavy atom. The summed E-state index contributed by atoms with van der Waals surface area (Å²) in [6.07, 6.45) is 11.2. The summed E-state index contributed by atoms with van der Waals surface area (Å²) in [5, 5.41) is 2.52. The van der Waals surface area contributed by atoms with Gasteiger partial charge in [-0.05, 0) is 58.3 Å². The number of benzene rings is 5. The maximum Gasteiger partial charge on any atom is 0.145 e. The highest BCUT2D eigenvalue weighted by molar-refractivity contribution is 5.92. The zero-order valence-corrected chi connectivity index (χ0v) is 22.8. The van der Waals surface area contributed by atoms with E-state index in [0.717, 1.165) is 50.8 Å². The molecule has 3 nitrogen and oxygen atoms in total. The van der Waals surface area contributed by atoms with Crippen LogP contribution in [0.25, 0.3) is 44.5 Å². The highest BCUT2D eigenvalue weighted by atomic mass is 16.5. The summed E-state index contributed by atoms with van der Waals surface area (Å²) in [5.74, 6) is 3.35. The highest BCUT2D eigenvalue weighted by Crippen LogP contribution is 2.55. The molecule has 9 rings (SSSR count). The standard InChI is InChI=1S/C39H26N2O/c1-2-11-27(12-3-1)39-40-33-16-8-9-17-34(33)41(39)29-21-18-26(19-22-29)32-24-28-13-5-7-15-31(28)37-36-30-14-6-4-10-25(30)20-23-35(36)42-38(32)37/h1-24,31,37H. The molecule has 0 saturated heterocycles. The van der Waals surface area contributed by atoms with Gasteiger partial charge in [-0.1, -0.05) is 109 Å². The number of nitrogens with zero attached hydrogens (tertiary/aromatic N) is 2. The summed E-state index contributed by atoms with van der Waals surface area (Å²) in [5.41, 5.74) is 9.17. The molecular weight excluding hydrogens is 512 g/mol. The Labute approximate surface area is 244 Å². The molecule has 1 aromatic heterocycles. The van der Waals surface area contributed by atoms with Crippen LogP contribution < -0.4 is 4.74 Å². The van der Waals surface area contributed by atoms with Crippen LogP contribution in [0, 0.1) is 5.92 Å². The number of fused-ring (bicyclic) bond motifs is 8. The van der Waals surface area contributed by atoms with Gasteiger partial charge in [-0.25, -0.2) is 4.98 Å². The number of para-hydroxylation sites is 2. The Bertz CT molecular complexity index is 2160. The van der Waals surface area contributed by atoms with Gasteiger partial charge in [-0.2, -0.15) is 0 Å². The van der Waals surface area contributed by atoms with Gasteiger partial charge in [-0.15, -0.1) is 0 Å². The molecule has 5 aromatic carbocycles. The van der Waals surface area contributed by atoms with Crippen molar-refractivity contribution in [1.82, 2.24) is 9.55 Å². The van der Waals surface area contributed by atoms with Crippen molar-refractivity contribution in [2.45, 2.75) is 5.92 Å². The quantitative estimate of drug-likeness (QED) is 0.224. The van der Waals surface area contributed by atoms with Crippen LogP contribution in [0.4, 0.5) is 0 Å². The molecule has 0 amide bonds. The molecule has 0 N–H and O–H groups in total. The Morgan fingerprint density at radius 1 is 0.690 bits per heavy atom. The van der Waals surface area contributed by atoms with Crippen molar-refractivity contribution in [3.05, 3.63) is 168 Å². The topological polar surface area (TPSA) is 27.1 Å². The van der Waals surface area contributed by atoms with Crippen molar-refractivity contribution in [3.63, 3.8) is 0 Å². The SMILES string of the molecule is C1=CC2=CC(c3ccc(-n4c(-c5ccccc5)nc5ccccc54)cc3)=C3Oc4ccc5ccccc5c4C3C2C=C1. The molecule has 0 saturated carbocycles. The van der Waals surface area contributed by atoms with E-state index in [2.05, 4.69) is 138 Å². The van der Waals surface area contributed by atoms with E-state index >= 15 is 0 Å². The van der Waals surface area contributed by atoms with Gasteiger partial charge in [0.15, 0.2) is 0 Å². The van der Waals surface area contributed by atoms with E-state index < -0.39 is 0 Å². The van der Waals surface area contributed by atoms with E-state index in [9.17, 15) is 0 Å². The first-order chi connectivity index (χ1) is 20.8. The third kappa shape index (κ3) is 3.44. The summed E-state index contributed by atoms with van der Waals surface area (Å²) < 4.78 is 8.99. The first-order valence-electron chi connectivity index (χ1n) is 14.5. The first kappa shape index (κ1) is 23.3. The molecule has 0 spiro atoms. The van der Waals surface area contributed by atoms with E-state index in [0.29, 0.717) is 0 Å². The van der Waals surface area contributed by atoms with Gasteiger partial charge in [0.1, 0.15) is 17.3 Å². The summed E-state index contributed by atoms with van der Waals surface area (Å²) in [4.78, 5) is 5.02. The van der Waals surface area contributed by atoms with Crippen LogP contribution in [0.3, 0.4) is 0 Å². The average molecular weight is 539 g/mol. The van der Waals surface area contributed by atoms with Gasteiger partial charge in [0, 0.05) is 28.3 Å². The fourth-order valence-corrected chi connectivity index (χ4v) is 6.91. The maximum absolute atomic E-state index is 6.73. The third-order valence-corrected chi connectivity index (χ3v) is 8.81. The summed E-state index contributed by atoms with van der Waals surface area (Å²) >= 11 is 0. The number of imidazole rings is 1. The van der Waals surface area contributed by atoms with Crippen molar-refractivity contribution in [1.29, 1.82) is 0 Å². The predicted octanol–water partition coefficient (Wildman–Crippen LogP) is 9.42. The minimum absolute atomic E-state index is 0.143. The van der Waals surface area contributed by atoms with Gasteiger partial charge in [0.25, 0.3) is 0 Å². The van der Waals surface area contributed by atoms with Gasteiger partial charge in [0.2, 0.25) is 0 Å². The molecule has 42 heavy (non-hydrogen) atoms. The normalized spacial score (nSPS) is 18.5. The monoisotopic (exact) mass is 538 g/mol. The van der Waals surface area contributed by atoms with Crippen LogP contribution in [-0.4, -0.2) is 9.55 Å². The van der Waals surface area contributed by atoms with Crippen LogP contribution in [0.2, 0.25) is 0 Å². The van der Waals surface area contributed by atoms with E-state index in [1.165, 1.54) is 21.9 Å². The van der Waals surface area contributed by atoms with Crippen molar-refractivity contribution >= 4 is 27.4 Å².